The summed E-state index contributed by atoms with van der Waals surface area (Å²) in [4.78, 5) is 84.9. The number of likely N-dealkylation sites (tertiary alicyclic amines) is 1. The third-order valence-electron chi connectivity index (χ3n) is 9.78. The molecule has 2 aliphatic heterocycles. The fraction of sp³-hybridized carbons (Fsp3) is 0.514. The highest BCUT2D eigenvalue weighted by atomic mass is 32.2. The molecule has 5 unspecified atom stereocenters. The third-order valence-corrected chi connectivity index (χ3v) is 11.6. The summed E-state index contributed by atoms with van der Waals surface area (Å²) in [5.41, 5.74) is -1.74. The molecular weight excluding hydrogens is 740 g/mol. The van der Waals surface area contributed by atoms with Crippen molar-refractivity contribution in [2.45, 2.75) is 94.1 Å². The van der Waals surface area contributed by atoms with Crippen LogP contribution in [-0.2, 0) is 51.8 Å². The third kappa shape index (κ3) is 9.35. The summed E-state index contributed by atoms with van der Waals surface area (Å²) in [6, 6.07) is 1.56. The van der Waals surface area contributed by atoms with E-state index in [1.165, 1.54) is 34.1 Å². The summed E-state index contributed by atoms with van der Waals surface area (Å²) in [5, 5.41) is 4.42. The fourth-order valence-electron chi connectivity index (χ4n) is 6.72. The molecule has 18 heteroatoms. The van der Waals surface area contributed by atoms with Gasteiger partial charge in [0.25, 0.3) is 5.91 Å². The first-order valence-electron chi connectivity index (χ1n) is 17.9. The van der Waals surface area contributed by atoms with Gasteiger partial charge in [0.2, 0.25) is 27.7 Å². The molecule has 1 aromatic carbocycles. The monoisotopic (exact) mass is 786 g/mol. The molecule has 298 valence electrons. The van der Waals surface area contributed by atoms with Gasteiger partial charge in [-0.3, -0.25) is 28.8 Å². The molecule has 6 amide bonds. The van der Waals surface area contributed by atoms with E-state index in [2.05, 4.69) is 35.1 Å². The number of carbonyl (C=O) groups is 6. The maximum absolute atomic E-state index is 14.5. The quantitative estimate of drug-likeness (QED) is 0.185. The summed E-state index contributed by atoms with van der Waals surface area (Å²) >= 11 is 0. The molecule has 0 bridgehead atoms. The van der Waals surface area contributed by atoms with Crippen LogP contribution in [0.1, 0.15) is 57.6 Å². The maximum Gasteiger partial charge on any atom is 0.410 e. The molecule has 4 aliphatic rings. The van der Waals surface area contributed by atoms with E-state index in [1.807, 2.05) is 0 Å². The second kappa shape index (κ2) is 15.8. The largest absolute Gasteiger partial charge is 0.444 e. The van der Waals surface area contributed by atoms with Gasteiger partial charge in [-0.2, -0.15) is 0 Å². The molecule has 55 heavy (non-hydrogen) atoms. The van der Waals surface area contributed by atoms with Gasteiger partial charge < -0.3 is 29.9 Å². The van der Waals surface area contributed by atoms with Crippen LogP contribution in [-0.4, -0.2) is 113 Å². The molecule has 0 radical (unpaired) electrons. The minimum atomic E-state index is -3.99. The molecule has 3 N–H and O–H groups in total. The van der Waals surface area contributed by atoms with E-state index in [1.54, 1.807) is 26.8 Å². The lowest BCUT2D eigenvalue weighted by molar-refractivity contribution is -0.142. The van der Waals surface area contributed by atoms with E-state index in [0.717, 1.165) is 11.0 Å². The van der Waals surface area contributed by atoms with Gasteiger partial charge in [-0.05, 0) is 57.7 Å². The van der Waals surface area contributed by atoms with Crippen LogP contribution in [0, 0.1) is 11.7 Å². The number of halogens is 1. The number of rotatable bonds is 14. The number of hydrogen-bond donors (Lipinski definition) is 3. The lowest BCUT2D eigenvalue weighted by atomic mass is 10.1. The van der Waals surface area contributed by atoms with Gasteiger partial charge in [0.15, 0.2) is 0 Å². The summed E-state index contributed by atoms with van der Waals surface area (Å²) < 4.78 is 53.0. The molecule has 5 atom stereocenters. The molecule has 2 saturated carbocycles. The molecule has 0 spiro atoms. The highest BCUT2D eigenvalue weighted by Gasteiger charge is 2.62. The minimum Gasteiger partial charge on any atom is -0.444 e. The molecule has 3 fully saturated rings. The molecule has 5 rings (SSSR count). The SMILES string of the molecule is C=CCN(CC(NC(=O)OC(C)(C)C)C(=O)N1CC(OC(=O)N2Cc3cccc(F)c3C2)CC1C(=O)NC1(C(=O)NS(=O)(=O)C2CC2)CC1C=C)C(=O)C=C. The topological polar surface area (TPSA) is 201 Å². The summed E-state index contributed by atoms with van der Waals surface area (Å²) in [6.07, 6.45) is 1.45. The Balaban J connectivity index is 1.42. The summed E-state index contributed by atoms with van der Waals surface area (Å²) in [6.45, 7) is 14.9. The van der Waals surface area contributed by atoms with Crippen LogP contribution in [0.3, 0.4) is 0 Å². The van der Waals surface area contributed by atoms with Crippen LogP contribution < -0.4 is 15.4 Å². The normalized spacial score (nSPS) is 23.4. The van der Waals surface area contributed by atoms with E-state index in [9.17, 15) is 41.6 Å². The van der Waals surface area contributed by atoms with Crippen LogP contribution in [0.5, 0.6) is 0 Å². The van der Waals surface area contributed by atoms with E-state index in [4.69, 9.17) is 9.47 Å². The minimum absolute atomic E-state index is 0.0302. The molecule has 16 nitrogen and oxygen atoms in total. The number of hydrogen-bond acceptors (Lipinski definition) is 10. The predicted molar refractivity (Wildman–Crippen MR) is 195 cm³/mol. The number of benzene rings is 1. The maximum atomic E-state index is 14.5. The van der Waals surface area contributed by atoms with Crippen molar-refractivity contribution in [1.29, 1.82) is 0 Å². The van der Waals surface area contributed by atoms with Crippen LogP contribution >= 0.6 is 0 Å². The summed E-state index contributed by atoms with van der Waals surface area (Å²) in [5.74, 6) is -4.39. The number of amides is 6. The van der Waals surface area contributed by atoms with Gasteiger partial charge in [-0.15, -0.1) is 13.2 Å². The van der Waals surface area contributed by atoms with E-state index < -0.39 is 98.7 Å². The van der Waals surface area contributed by atoms with Crippen molar-refractivity contribution in [1.82, 2.24) is 30.1 Å². The van der Waals surface area contributed by atoms with E-state index in [-0.39, 0.29) is 39.0 Å². The van der Waals surface area contributed by atoms with Crippen molar-refractivity contribution in [3.63, 3.8) is 0 Å². The molecule has 0 aromatic heterocycles. The van der Waals surface area contributed by atoms with Gasteiger partial charge in [0.1, 0.15) is 35.1 Å². The second-order valence-corrected chi connectivity index (χ2v) is 17.1. The van der Waals surface area contributed by atoms with Gasteiger partial charge in [0.05, 0.1) is 24.9 Å². The van der Waals surface area contributed by atoms with Crippen molar-refractivity contribution in [3.8, 4) is 0 Å². The number of nitrogens with one attached hydrogen (secondary N) is 3. The van der Waals surface area contributed by atoms with Crippen molar-refractivity contribution in [2.75, 3.05) is 19.6 Å². The highest BCUT2D eigenvalue weighted by Crippen LogP contribution is 2.45. The number of fused-ring (bicyclic) bond motifs is 1. The predicted octanol–water partition coefficient (Wildman–Crippen LogP) is 2.01. The first-order chi connectivity index (χ1) is 25.8. The number of ether oxygens (including phenoxy) is 2. The standard InChI is InChI=1S/C37H47FN6O10S/c1-7-15-42(30(45)9-3)21-28(39-34(49)54-36(4,5)6)32(47)44-19-24(53-35(50)43-18-22-11-10-12-27(38)26(22)20-43)16-29(44)31(46)40-37(17-23(37)8-2)33(48)41-55(51,52)25-13-14-25/h7-12,23-25,28-29H,1-3,13-21H2,4-6H3,(H,39,49)(H,40,46)(H,41,48). The smallest absolute Gasteiger partial charge is 0.410 e. The van der Waals surface area contributed by atoms with Crippen molar-refractivity contribution >= 4 is 45.8 Å². The Bertz CT molecular complexity index is 1900. The Morgan fingerprint density at radius 3 is 2.40 bits per heavy atom. The van der Waals surface area contributed by atoms with Crippen molar-refractivity contribution < 1.29 is 51.0 Å². The number of sulfonamides is 1. The number of nitrogens with zero attached hydrogens (tertiary/aromatic N) is 3. The van der Waals surface area contributed by atoms with Crippen LogP contribution in [0.2, 0.25) is 0 Å². The zero-order chi connectivity index (χ0) is 40.5. The average Bonchev–Trinajstić information content (AvgIpc) is 4.00. The number of alkyl carbamates (subject to hydrolysis) is 1. The Hall–Kier alpha value is -5.26. The van der Waals surface area contributed by atoms with Gasteiger partial charge in [0, 0.05) is 31.0 Å². The zero-order valence-electron chi connectivity index (χ0n) is 31.0. The van der Waals surface area contributed by atoms with Crippen molar-refractivity contribution in [2.24, 2.45) is 5.92 Å². The number of carbonyl (C=O) groups excluding carboxylic acids is 6. The molecule has 1 saturated heterocycles. The molecular formula is C37H47FN6O10S. The zero-order valence-corrected chi connectivity index (χ0v) is 31.9. The highest BCUT2D eigenvalue weighted by molar-refractivity contribution is 7.91. The lowest BCUT2D eigenvalue weighted by Crippen LogP contribution is -2.60. The van der Waals surface area contributed by atoms with Gasteiger partial charge in [-0.1, -0.05) is 30.9 Å². The van der Waals surface area contributed by atoms with Gasteiger partial charge in [-0.25, -0.2) is 22.4 Å². The molecule has 1 aromatic rings. The average molecular weight is 787 g/mol. The molecule has 2 aliphatic carbocycles. The lowest BCUT2D eigenvalue weighted by Gasteiger charge is -2.32. The Kier molecular flexibility index (Phi) is 11.8. The first kappa shape index (κ1) is 40.9. The summed E-state index contributed by atoms with van der Waals surface area (Å²) in [7, 11) is -3.99. The molecule has 2 heterocycles. The van der Waals surface area contributed by atoms with Crippen LogP contribution in [0.15, 0.2) is 56.2 Å². The van der Waals surface area contributed by atoms with Crippen LogP contribution in [0.4, 0.5) is 14.0 Å². The van der Waals surface area contributed by atoms with E-state index in [0.29, 0.717) is 24.0 Å². The van der Waals surface area contributed by atoms with E-state index >= 15 is 0 Å². The first-order valence-corrected chi connectivity index (χ1v) is 19.4. The fourth-order valence-corrected chi connectivity index (χ4v) is 8.08. The Morgan fingerprint density at radius 2 is 1.82 bits per heavy atom. The Labute approximate surface area is 319 Å². The van der Waals surface area contributed by atoms with Crippen LogP contribution in [0.25, 0.3) is 0 Å². The Morgan fingerprint density at radius 1 is 1.11 bits per heavy atom. The second-order valence-electron chi connectivity index (χ2n) is 15.1. The van der Waals surface area contributed by atoms with Crippen molar-refractivity contribution in [3.05, 3.63) is 73.1 Å². The van der Waals surface area contributed by atoms with Gasteiger partial charge >= 0.3 is 12.2 Å².